The smallest absolute Gasteiger partial charge is 0.283 e. The number of sulfonamides is 1. The van der Waals surface area contributed by atoms with E-state index in [9.17, 15) is 13.2 Å². The molecule has 0 radical (unpaired) electrons. The second-order valence-corrected chi connectivity index (χ2v) is 7.34. The third-order valence-corrected chi connectivity index (χ3v) is 4.16. The largest absolute Gasteiger partial charge is 0.497 e. The minimum absolute atomic E-state index is 0.118. The molecular formula is C18H17N3O4S. The van der Waals surface area contributed by atoms with Crippen LogP contribution < -0.4 is 9.46 Å². The second-order valence-electron chi connectivity index (χ2n) is 5.59. The molecule has 0 spiro atoms. The molecule has 0 fully saturated rings. The molecule has 0 atom stereocenters. The van der Waals surface area contributed by atoms with E-state index in [0.29, 0.717) is 17.1 Å². The van der Waals surface area contributed by atoms with Crippen molar-refractivity contribution >= 4 is 15.9 Å². The summed E-state index contributed by atoms with van der Waals surface area (Å²) in [6.45, 7) is 0. The number of benzene rings is 2. The highest BCUT2D eigenvalue weighted by Crippen LogP contribution is 2.24. The first-order valence-corrected chi connectivity index (χ1v) is 9.58. The summed E-state index contributed by atoms with van der Waals surface area (Å²) in [5.41, 5.74) is 2.07. The maximum absolute atomic E-state index is 12.4. The Morgan fingerprint density at radius 1 is 1.08 bits per heavy atom. The first kappa shape index (κ1) is 17.7. The van der Waals surface area contributed by atoms with Crippen molar-refractivity contribution in [3.8, 4) is 22.7 Å². The number of amides is 1. The number of nitrogens with zero attached hydrogens (tertiary/aromatic N) is 2. The lowest BCUT2D eigenvalue weighted by atomic mass is 10.1. The van der Waals surface area contributed by atoms with Gasteiger partial charge in [0, 0.05) is 5.56 Å². The van der Waals surface area contributed by atoms with Crippen molar-refractivity contribution in [1.29, 1.82) is 0 Å². The van der Waals surface area contributed by atoms with Crippen LogP contribution in [0.2, 0.25) is 0 Å². The molecule has 0 bridgehead atoms. The van der Waals surface area contributed by atoms with Gasteiger partial charge in [-0.2, -0.15) is 5.10 Å². The summed E-state index contributed by atoms with van der Waals surface area (Å²) >= 11 is 0. The molecule has 0 aliphatic carbocycles. The topological polar surface area (TPSA) is 90.3 Å². The van der Waals surface area contributed by atoms with Gasteiger partial charge in [-0.25, -0.2) is 17.8 Å². The van der Waals surface area contributed by atoms with Crippen molar-refractivity contribution in [2.45, 2.75) is 0 Å². The van der Waals surface area contributed by atoms with Gasteiger partial charge < -0.3 is 4.74 Å². The van der Waals surface area contributed by atoms with Crippen molar-refractivity contribution < 1.29 is 17.9 Å². The molecule has 7 nitrogen and oxygen atoms in total. The van der Waals surface area contributed by atoms with Gasteiger partial charge in [0.1, 0.15) is 11.4 Å². The third kappa shape index (κ3) is 3.92. The van der Waals surface area contributed by atoms with Crippen molar-refractivity contribution in [3.63, 3.8) is 0 Å². The highest BCUT2D eigenvalue weighted by atomic mass is 32.2. The fourth-order valence-electron chi connectivity index (χ4n) is 2.43. The van der Waals surface area contributed by atoms with Gasteiger partial charge in [-0.15, -0.1) is 0 Å². The van der Waals surface area contributed by atoms with E-state index in [0.717, 1.165) is 11.8 Å². The van der Waals surface area contributed by atoms with Crippen LogP contribution in [0, 0.1) is 0 Å². The molecule has 1 aromatic heterocycles. The zero-order chi connectivity index (χ0) is 18.7. The van der Waals surface area contributed by atoms with Crippen molar-refractivity contribution in [2.24, 2.45) is 0 Å². The highest BCUT2D eigenvalue weighted by Gasteiger charge is 2.20. The summed E-state index contributed by atoms with van der Waals surface area (Å²) in [5.74, 6) is -0.0464. The fourth-order valence-corrected chi connectivity index (χ4v) is 2.87. The van der Waals surface area contributed by atoms with Gasteiger partial charge in [-0.05, 0) is 42.5 Å². The summed E-state index contributed by atoms with van der Waals surface area (Å²) in [7, 11) is -2.12. The summed E-state index contributed by atoms with van der Waals surface area (Å²) in [6.07, 6.45) is 0.929. The van der Waals surface area contributed by atoms with Crippen molar-refractivity contribution in [2.75, 3.05) is 13.4 Å². The molecule has 1 heterocycles. The molecule has 3 rings (SSSR count). The normalized spacial score (nSPS) is 11.2. The Bertz CT molecular complexity index is 1030. The van der Waals surface area contributed by atoms with Gasteiger partial charge in [-0.3, -0.25) is 4.79 Å². The van der Waals surface area contributed by atoms with Crippen LogP contribution in [0.25, 0.3) is 16.9 Å². The molecule has 0 saturated heterocycles. The molecule has 26 heavy (non-hydrogen) atoms. The maximum atomic E-state index is 12.4. The standard InChI is InChI=1S/C18H17N3O4S/c1-25-15-10-8-13(9-11-15)16-12-17(18(22)20-26(2,23)24)21(19-16)14-6-4-3-5-7-14/h3-12H,1-2H3,(H,20,22). The molecule has 1 N–H and O–H groups in total. The Balaban J connectivity index is 2.09. The molecule has 3 aromatic rings. The molecule has 1 amide bonds. The Hall–Kier alpha value is -3.13. The second kappa shape index (κ2) is 7.01. The number of aromatic nitrogens is 2. The summed E-state index contributed by atoms with van der Waals surface area (Å²) in [6, 6.07) is 17.8. The van der Waals surface area contributed by atoms with Gasteiger partial charge in [0.05, 0.1) is 24.7 Å². The lowest BCUT2D eigenvalue weighted by Gasteiger charge is -2.07. The predicted octanol–water partition coefficient (Wildman–Crippen LogP) is 2.24. The fraction of sp³-hybridized carbons (Fsp3) is 0.111. The highest BCUT2D eigenvalue weighted by molar-refractivity contribution is 7.89. The Morgan fingerprint density at radius 3 is 2.31 bits per heavy atom. The van der Waals surface area contributed by atoms with Crippen molar-refractivity contribution in [3.05, 3.63) is 66.4 Å². The Kier molecular flexibility index (Phi) is 4.77. The summed E-state index contributed by atoms with van der Waals surface area (Å²) in [5, 5.41) is 4.48. The Morgan fingerprint density at radius 2 is 1.73 bits per heavy atom. The van der Waals surface area contributed by atoms with Crippen LogP contribution in [0.15, 0.2) is 60.7 Å². The predicted molar refractivity (Wildman–Crippen MR) is 97.9 cm³/mol. The minimum atomic E-state index is -3.69. The zero-order valence-electron chi connectivity index (χ0n) is 14.2. The van der Waals surface area contributed by atoms with E-state index in [4.69, 9.17) is 4.74 Å². The van der Waals surface area contributed by atoms with Crippen LogP contribution in [0.3, 0.4) is 0 Å². The monoisotopic (exact) mass is 371 g/mol. The third-order valence-electron chi connectivity index (χ3n) is 3.61. The summed E-state index contributed by atoms with van der Waals surface area (Å²) in [4.78, 5) is 12.4. The number of ether oxygens (including phenoxy) is 1. The SMILES string of the molecule is COc1ccc(-c2cc(C(=O)NS(C)(=O)=O)n(-c3ccccc3)n2)cc1. The van der Waals surface area contributed by atoms with Gasteiger partial charge in [0.15, 0.2) is 0 Å². The van der Waals surface area contributed by atoms with Gasteiger partial charge in [-0.1, -0.05) is 18.2 Å². The molecule has 134 valence electrons. The summed E-state index contributed by atoms with van der Waals surface area (Å²) < 4.78 is 31.4. The zero-order valence-corrected chi connectivity index (χ0v) is 15.0. The van der Waals surface area contributed by atoms with Gasteiger partial charge in [0.25, 0.3) is 5.91 Å². The average Bonchev–Trinajstić information content (AvgIpc) is 3.07. The van der Waals surface area contributed by atoms with E-state index >= 15 is 0 Å². The number of para-hydroxylation sites is 1. The van der Waals surface area contributed by atoms with E-state index < -0.39 is 15.9 Å². The van der Waals surface area contributed by atoms with Crippen LogP contribution in [0.4, 0.5) is 0 Å². The first-order chi connectivity index (χ1) is 12.4. The molecular weight excluding hydrogens is 354 g/mol. The van der Waals surface area contributed by atoms with Crippen molar-refractivity contribution in [1.82, 2.24) is 14.5 Å². The number of hydrogen-bond acceptors (Lipinski definition) is 5. The quantitative estimate of drug-likeness (QED) is 0.743. The molecule has 0 aliphatic heterocycles. The van der Waals surface area contributed by atoms with E-state index in [1.165, 1.54) is 4.68 Å². The van der Waals surface area contributed by atoms with Crippen LogP contribution in [-0.2, 0) is 10.0 Å². The number of hydrogen-bond donors (Lipinski definition) is 1. The van der Waals surface area contributed by atoms with E-state index in [-0.39, 0.29) is 5.69 Å². The average molecular weight is 371 g/mol. The Labute approximate surface area is 151 Å². The molecule has 0 unspecified atom stereocenters. The lowest BCUT2D eigenvalue weighted by molar-refractivity contribution is 0.0974. The molecule has 2 aromatic carbocycles. The van der Waals surface area contributed by atoms with E-state index in [1.54, 1.807) is 37.4 Å². The number of carbonyl (C=O) groups is 1. The number of carbonyl (C=O) groups excluding carboxylic acids is 1. The maximum Gasteiger partial charge on any atom is 0.283 e. The van der Waals surface area contributed by atoms with Gasteiger partial charge >= 0.3 is 0 Å². The van der Waals surface area contributed by atoms with Crippen LogP contribution in [-0.4, -0.2) is 37.5 Å². The first-order valence-electron chi connectivity index (χ1n) is 7.69. The van der Waals surface area contributed by atoms with Crippen LogP contribution in [0.1, 0.15) is 10.5 Å². The van der Waals surface area contributed by atoms with E-state index in [1.807, 2.05) is 35.1 Å². The van der Waals surface area contributed by atoms with Crippen LogP contribution in [0.5, 0.6) is 5.75 Å². The van der Waals surface area contributed by atoms with E-state index in [2.05, 4.69) is 5.10 Å². The number of methoxy groups -OCH3 is 1. The van der Waals surface area contributed by atoms with Crippen LogP contribution >= 0.6 is 0 Å². The molecule has 8 heteroatoms. The minimum Gasteiger partial charge on any atom is -0.497 e. The molecule has 0 saturated carbocycles. The number of nitrogens with one attached hydrogen (secondary N) is 1. The number of rotatable bonds is 5. The lowest BCUT2D eigenvalue weighted by Crippen LogP contribution is -2.31. The molecule has 0 aliphatic rings. The van der Waals surface area contributed by atoms with Gasteiger partial charge in [0.2, 0.25) is 10.0 Å².